The summed E-state index contributed by atoms with van der Waals surface area (Å²) >= 11 is 0. The second-order valence-corrected chi connectivity index (χ2v) is 6.40. The van der Waals surface area contributed by atoms with E-state index in [1.807, 2.05) is 60.7 Å². The van der Waals surface area contributed by atoms with Gasteiger partial charge in [0.15, 0.2) is 0 Å². The van der Waals surface area contributed by atoms with Gasteiger partial charge in [-0.25, -0.2) is 0 Å². The van der Waals surface area contributed by atoms with E-state index in [0.717, 1.165) is 11.1 Å². The van der Waals surface area contributed by atoms with E-state index in [4.69, 9.17) is 10.5 Å². The van der Waals surface area contributed by atoms with E-state index in [2.05, 4.69) is 5.32 Å². The predicted octanol–water partition coefficient (Wildman–Crippen LogP) is 1.35. The molecule has 144 valence electrons. The maximum absolute atomic E-state index is 12.8. The molecule has 0 heterocycles. The van der Waals surface area contributed by atoms with Gasteiger partial charge in [0.05, 0.1) is 13.2 Å². The van der Waals surface area contributed by atoms with Gasteiger partial charge in [-0.15, -0.1) is 0 Å². The van der Waals surface area contributed by atoms with Crippen LogP contribution in [0.2, 0.25) is 0 Å². The Labute approximate surface area is 160 Å². The molecule has 0 fully saturated rings. The highest BCUT2D eigenvalue weighted by Crippen LogP contribution is 2.10. The number of nitrogens with one attached hydrogen (secondary N) is 1. The van der Waals surface area contributed by atoms with Crippen molar-refractivity contribution in [2.75, 3.05) is 20.7 Å². The summed E-state index contributed by atoms with van der Waals surface area (Å²) in [5.74, 6) is -0.764. The van der Waals surface area contributed by atoms with Gasteiger partial charge in [-0.05, 0) is 18.2 Å². The van der Waals surface area contributed by atoms with Gasteiger partial charge < -0.3 is 20.7 Å². The Kier molecular flexibility index (Phi) is 7.98. The Bertz CT molecular complexity index is 722. The first-order chi connectivity index (χ1) is 13.0. The summed E-state index contributed by atoms with van der Waals surface area (Å²) in [4.78, 5) is 26.2. The molecule has 2 aromatic rings. The smallest absolute Gasteiger partial charge is 0.242 e. The first kappa shape index (κ1) is 20.6. The normalized spacial score (nSPS) is 13.0. The molecule has 2 aromatic carbocycles. The number of carbonyl (C=O) groups is 2. The molecule has 2 amide bonds. The summed E-state index contributed by atoms with van der Waals surface area (Å²) in [6, 6.07) is 18.0. The van der Waals surface area contributed by atoms with Crippen molar-refractivity contribution >= 4 is 11.8 Å². The molecule has 0 saturated heterocycles. The van der Waals surface area contributed by atoms with Crippen molar-refractivity contribution in [3.05, 3.63) is 71.8 Å². The van der Waals surface area contributed by atoms with Crippen LogP contribution in [0.3, 0.4) is 0 Å². The molecule has 2 rings (SSSR count). The monoisotopic (exact) mass is 369 g/mol. The van der Waals surface area contributed by atoms with Crippen LogP contribution in [0, 0.1) is 0 Å². The average Bonchev–Trinajstić information content (AvgIpc) is 2.70. The maximum Gasteiger partial charge on any atom is 0.242 e. The molecule has 0 aliphatic carbocycles. The molecule has 3 N–H and O–H groups in total. The fraction of sp³-hybridized carbons (Fsp3) is 0.333. The fourth-order valence-corrected chi connectivity index (χ4v) is 2.81. The average molecular weight is 369 g/mol. The van der Waals surface area contributed by atoms with Gasteiger partial charge in [-0.2, -0.15) is 0 Å². The molecule has 27 heavy (non-hydrogen) atoms. The Balaban J connectivity index is 1.96. The van der Waals surface area contributed by atoms with Gasteiger partial charge in [0, 0.05) is 13.5 Å². The van der Waals surface area contributed by atoms with Gasteiger partial charge >= 0.3 is 0 Å². The molecule has 0 spiro atoms. The Morgan fingerprint density at radius 3 is 2.11 bits per heavy atom. The first-order valence-electron chi connectivity index (χ1n) is 8.91. The van der Waals surface area contributed by atoms with Crippen LogP contribution in [-0.4, -0.2) is 49.5 Å². The van der Waals surface area contributed by atoms with Gasteiger partial charge in [0.2, 0.25) is 11.8 Å². The predicted molar refractivity (Wildman–Crippen MR) is 105 cm³/mol. The molecule has 0 aliphatic heterocycles. The van der Waals surface area contributed by atoms with Crippen LogP contribution in [0.5, 0.6) is 0 Å². The molecule has 0 bridgehead atoms. The van der Waals surface area contributed by atoms with E-state index in [-0.39, 0.29) is 12.5 Å². The third-order valence-electron chi connectivity index (χ3n) is 4.46. The number of nitrogens with two attached hydrogens (primary N) is 1. The largest absolute Gasteiger partial charge is 0.375 e. The molecule has 2 atom stereocenters. The van der Waals surface area contributed by atoms with E-state index in [9.17, 15) is 9.59 Å². The van der Waals surface area contributed by atoms with E-state index < -0.39 is 18.0 Å². The van der Waals surface area contributed by atoms with Crippen LogP contribution >= 0.6 is 0 Å². The summed E-state index contributed by atoms with van der Waals surface area (Å²) in [5, 5.41) is 2.96. The van der Waals surface area contributed by atoms with Gasteiger partial charge in [0.25, 0.3) is 0 Å². The molecular formula is C21H27N3O3. The summed E-state index contributed by atoms with van der Waals surface area (Å²) in [7, 11) is 3.29. The highest BCUT2D eigenvalue weighted by molar-refractivity contribution is 5.89. The Hall–Kier alpha value is -2.70. The molecule has 0 radical (unpaired) electrons. The number of rotatable bonds is 10. The second-order valence-electron chi connectivity index (χ2n) is 6.40. The minimum atomic E-state index is -0.718. The zero-order valence-corrected chi connectivity index (χ0v) is 15.8. The van der Waals surface area contributed by atoms with E-state index in [1.165, 1.54) is 4.90 Å². The topological polar surface area (TPSA) is 84.7 Å². The Morgan fingerprint density at radius 2 is 1.59 bits per heavy atom. The third kappa shape index (κ3) is 6.20. The van der Waals surface area contributed by atoms with Crippen molar-refractivity contribution in [1.82, 2.24) is 10.2 Å². The van der Waals surface area contributed by atoms with Crippen LogP contribution in [0.15, 0.2) is 60.7 Å². The van der Waals surface area contributed by atoms with E-state index >= 15 is 0 Å². The standard InChI is InChI=1S/C21H27N3O3/c1-23-18(15-27-14-17-11-7-4-8-12-17)21(26)24(2)19(20(22)25)13-16-9-5-3-6-10-16/h3-12,18-19,23H,13-15H2,1-2H3,(H2,22,25)/t18-,19-/m1/s1. The minimum Gasteiger partial charge on any atom is -0.375 e. The SMILES string of the molecule is CN[C@H](COCc1ccccc1)C(=O)N(C)[C@H](Cc1ccccc1)C(N)=O. The van der Waals surface area contributed by atoms with Crippen molar-refractivity contribution in [1.29, 1.82) is 0 Å². The van der Waals surface area contributed by atoms with Crippen LogP contribution in [0.1, 0.15) is 11.1 Å². The summed E-state index contributed by atoms with van der Waals surface area (Å²) in [6.07, 6.45) is 0.375. The zero-order valence-electron chi connectivity index (χ0n) is 15.8. The number of ether oxygens (including phenoxy) is 1. The molecule has 6 heteroatoms. The number of benzene rings is 2. The maximum atomic E-state index is 12.8. The first-order valence-corrected chi connectivity index (χ1v) is 8.91. The highest BCUT2D eigenvalue weighted by atomic mass is 16.5. The molecular weight excluding hydrogens is 342 g/mol. The number of amides is 2. The number of primary amides is 1. The second kappa shape index (κ2) is 10.4. The van der Waals surface area contributed by atoms with Crippen LogP contribution in [0.25, 0.3) is 0 Å². The summed E-state index contributed by atoms with van der Waals surface area (Å²) in [6.45, 7) is 0.616. The van der Waals surface area contributed by atoms with E-state index in [0.29, 0.717) is 13.0 Å². The van der Waals surface area contributed by atoms with Crippen LogP contribution < -0.4 is 11.1 Å². The third-order valence-corrected chi connectivity index (χ3v) is 4.46. The van der Waals surface area contributed by atoms with Crippen molar-refractivity contribution in [2.24, 2.45) is 5.73 Å². The number of hydrogen-bond donors (Lipinski definition) is 2. The Morgan fingerprint density at radius 1 is 1.04 bits per heavy atom. The van der Waals surface area contributed by atoms with Crippen LogP contribution in [-0.2, 0) is 27.4 Å². The van der Waals surface area contributed by atoms with Gasteiger partial charge in [-0.3, -0.25) is 9.59 Å². The van der Waals surface area contributed by atoms with Crippen LogP contribution in [0.4, 0.5) is 0 Å². The number of likely N-dealkylation sites (N-methyl/N-ethyl adjacent to an activating group) is 2. The lowest BCUT2D eigenvalue weighted by molar-refractivity contribution is -0.140. The summed E-state index contributed by atoms with van der Waals surface area (Å²) < 4.78 is 5.68. The lowest BCUT2D eigenvalue weighted by atomic mass is 10.0. The lowest BCUT2D eigenvalue weighted by Gasteiger charge is -2.29. The van der Waals surface area contributed by atoms with Crippen molar-refractivity contribution in [3.63, 3.8) is 0 Å². The van der Waals surface area contributed by atoms with Gasteiger partial charge in [-0.1, -0.05) is 60.7 Å². The number of hydrogen-bond acceptors (Lipinski definition) is 4. The summed E-state index contributed by atoms with van der Waals surface area (Å²) in [5.41, 5.74) is 7.54. The van der Waals surface area contributed by atoms with Crippen molar-refractivity contribution in [2.45, 2.75) is 25.1 Å². The molecule has 0 aliphatic rings. The molecule has 0 unspecified atom stereocenters. The van der Waals surface area contributed by atoms with Crippen molar-refractivity contribution in [3.8, 4) is 0 Å². The number of nitrogens with zero attached hydrogens (tertiary/aromatic N) is 1. The quantitative estimate of drug-likeness (QED) is 0.662. The minimum absolute atomic E-state index is 0.200. The molecule has 6 nitrogen and oxygen atoms in total. The molecule has 0 saturated carbocycles. The number of carbonyl (C=O) groups excluding carboxylic acids is 2. The fourth-order valence-electron chi connectivity index (χ4n) is 2.81. The zero-order chi connectivity index (χ0) is 19.6. The van der Waals surface area contributed by atoms with Gasteiger partial charge in [0.1, 0.15) is 12.1 Å². The highest BCUT2D eigenvalue weighted by Gasteiger charge is 2.29. The van der Waals surface area contributed by atoms with Crippen molar-refractivity contribution < 1.29 is 14.3 Å². The molecule has 0 aromatic heterocycles. The van der Waals surface area contributed by atoms with E-state index in [1.54, 1.807) is 14.1 Å². The lowest BCUT2D eigenvalue weighted by Crippen LogP contribution is -2.54.